The van der Waals surface area contributed by atoms with E-state index in [9.17, 15) is 19.2 Å². The van der Waals surface area contributed by atoms with Gasteiger partial charge in [0.15, 0.2) is 0 Å². The zero-order valence-corrected chi connectivity index (χ0v) is 18.2. The molecular weight excluding hydrogens is 432 g/mol. The van der Waals surface area contributed by atoms with E-state index in [2.05, 4.69) is 15.9 Å². The maximum atomic E-state index is 12.9. The fourth-order valence-electron chi connectivity index (χ4n) is 2.40. The summed E-state index contributed by atoms with van der Waals surface area (Å²) in [5.41, 5.74) is -3.05. The van der Waals surface area contributed by atoms with Gasteiger partial charge in [0.1, 0.15) is 11.2 Å². The number of benzene rings is 1. The van der Waals surface area contributed by atoms with E-state index in [0.29, 0.717) is 14.5 Å². The standard InChI is InChI=1S/C19H23BrN2O6/c1-18(2,3)27-16(25)21-13-8-7-11(10-20)9-12(13)14(23)22(15(21)24)17(26)28-19(4,5)6/h7-9H,10H2,1-6H3. The van der Waals surface area contributed by atoms with Crippen LogP contribution in [-0.2, 0) is 14.8 Å². The summed E-state index contributed by atoms with van der Waals surface area (Å²) >= 11 is 3.30. The maximum absolute atomic E-state index is 12.9. The largest absolute Gasteiger partial charge is 0.443 e. The van der Waals surface area contributed by atoms with Crippen molar-refractivity contribution in [2.24, 2.45) is 0 Å². The summed E-state index contributed by atoms with van der Waals surface area (Å²) in [4.78, 5) is 51.0. The molecule has 0 fully saturated rings. The van der Waals surface area contributed by atoms with Crippen molar-refractivity contribution in [1.82, 2.24) is 9.13 Å². The Kier molecular flexibility index (Phi) is 5.89. The molecule has 1 aromatic heterocycles. The molecule has 2 aromatic rings. The Balaban J connectivity index is 2.87. The van der Waals surface area contributed by atoms with Crippen LogP contribution in [-0.4, -0.2) is 32.5 Å². The van der Waals surface area contributed by atoms with Crippen molar-refractivity contribution in [3.8, 4) is 0 Å². The topological polar surface area (TPSA) is 96.6 Å². The van der Waals surface area contributed by atoms with E-state index >= 15 is 0 Å². The zero-order chi connectivity index (χ0) is 21.4. The fraction of sp³-hybridized carbons (Fsp3) is 0.474. The van der Waals surface area contributed by atoms with Crippen LogP contribution < -0.4 is 11.2 Å². The van der Waals surface area contributed by atoms with Crippen LogP contribution in [0.1, 0.15) is 47.1 Å². The molecule has 0 unspecified atom stereocenters. The molecule has 0 atom stereocenters. The lowest BCUT2D eigenvalue weighted by Gasteiger charge is -2.22. The molecule has 2 rings (SSSR count). The highest BCUT2D eigenvalue weighted by Crippen LogP contribution is 2.16. The monoisotopic (exact) mass is 454 g/mol. The summed E-state index contributed by atoms with van der Waals surface area (Å²) in [5, 5.41) is 0.466. The Morgan fingerprint density at radius 3 is 1.89 bits per heavy atom. The van der Waals surface area contributed by atoms with Crippen molar-refractivity contribution in [3.05, 3.63) is 44.6 Å². The summed E-state index contributed by atoms with van der Waals surface area (Å²) < 4.78 is 11.5. The number of rotatable bonds is 1. The number of ether oxygens (including phenoxy) is 2. The molecule has 0 aliphatic heterocycles. The van der Waals surface area contributed by atoms with Gasteiger partial charge in [-0.2, -0.15) is 9.13 Å². The lowest BCUT2D eigenvalue weighted by Crippen LogP contribution is -2.48. The molecule has 0 bridgehead atoms. The maximum Gasteiger partial charge on any atom is 0.425 e. The van der Waals surface area contributed by atoms with E-state index in [-0.39, 0.29) is 10.9 Å². The molecule has 28 heavy (non-hydrogen) atoms. The molecule has 8 nitrogen and oxygen atoms in total. The average Bonchev–Trinajstić information content (AvgIpc) is 2.51. The highest BCUT2D eigenvalue weighted by Gasteiger charge is 2.28. The Morgan fingerprint density at radius 1 is 0.929 bits per heavy atom. The number of aromatic nitrogens is 2. The molecule has 152 valence electrons. The minimum absolute atomic E-state index is 0.0215. The molecular formula is C19H23BrN2O6. The van der Waals surface area contributed by atoms with Gasteiger partial charge in [0, 0.05) is 5.33 Å². The van der Waals surface area contributed by atoms with Crippen LogP contribution in [0.3, 0.4) is 0 Å². The smallest absolute Gasteiger partial charge is 0.425 e. The minimum atomic E-state index is -1.16. The van der Waals surface area contributed by atoms with Crippen LogP contribution in [0.15, 0.2) is 27.8 Å². The second-order valence-electron chi connectivity index (χ2n) is 8.20. The van der Waals surface area contributed by atoms with Crippen LogP contribution in [0.25, 0.3) is 10.9 Å². The van der Waals surface area contributed by atoms with Crippen LogP contribution in [0.5, 0.6) is 0 Å². The summed E-state index contributed by atoms with van der Waals surface area (Å²) in [6.07, 6.45) is -2.16. The van der Waals surface area contributed by atoms with Gasteiger partial charge in [-0.1, -0.05) is 22.0 Å². The van der Waals surface area contributed by atoms with Crippen molar-refractivity contribution in [2.75, 3.05) is 0 Å². The first kappa shape index (κ1) is 21.9. The lowest BCUT2D eigenvalue weighted by molar-refractivity contribution is 0.0499. The number of hydrogen-bond donors (Lipinski definition) is 0. The summed E-state index contributed by atoms with van der Waals surface area (Å²) in [6.45, 7) is 9.74. The first-order valence-electron chi connectivity index (χ1n) is 8.58. The van der Waals surface area contributed by atoms with Gasteiger partial charge in [-0.3, -0.25) is 4.79 Å². The Labute approximate surface area is 170 Å². The number of nitrogens with zero attached hydrogens (tertiary/aromatic N) is 2. The number of carbonyl (C=O) groups is 2. The second-order valence-corrected chi connectivity index (χ2v) is 8.77. The third-order valence-electron chi connectivity index (χ3n) is 3.42. The van der Waals surface area contributed by atoms with E-state index in [4.69, 9.17) is 9.47 Å². The van der Waals surface area contributed by atoms with Gasteiger partial charge < -0.3 is 9.47 Å². The van der Waals surface area contributed by atoms with Gasteiger partial charge >= 0.3 is 17.9 Å². The molecule has 0 saturated heterocycles. The quantitative estimate of drug-likeness (QED) is 0.610. The highest BCUT2D eigenvalue weighted by atomic mass is 79.9. The molecule has 0 radical (unpaired) electrons. The summed E-state index contributed by atoms with van der Waals surface area (Å²) in [5.74, 6) is 0. The Bertz CT molecular complexity index is 1050. The summed E-state index contributed by atoms with van der Waals surface area (Å²) in [7, 11) is 0. The van der Waals surface area contributed by atoms with Crippen molar-refractivity contribution >= 4 is 39.0 Å². The molecule has 1 heterocycles. The normalized spacial score (nSPS) is 12.1. The van der Waals surface area contributed by atoms with E-state index in [1.54, 1.807) is 47.6 Å². The van der Waals surface area contributed by atoms with E-state index < -0.39 is 34.6 Å². The first-order valence-corrected chi connectivity index (χ1v) is 9.70. The van der Waals surface area contributed by atoms with Gasteiger partial charge in [0.2, 0.25) is 0 Å². The van der Waals surface area contributed by atoms with Crippen molar-refractivity contribution in [1.29, 1.82) is 0 Å². The van der Waals surface area contributed by atoms with Gasteiger partial charge in [-0.25, -0.2) is 14.4 Å². The van der Waals surface area contributed by atoms with E-state index in [0.717, 1.165) is 5.56 Å². The predicted octanol–water partition coefficient (Wildman–Crippen LogP) is 3.62. The van der Waals surface area contributed by atoms with Crippen molar-refractivity contribution in [3.63, 3.8) is 0 Å². The SMILES string of the molecule is CC(C)(C)OC(=O)n1c(=O)c2cc(CBr)ccc2n(C(=O)OC(C)(C)C)c1=O. The second kappa shape index (κ2) is 7.54. The van der Waals surface area contributed by atoms with Crippen LogP contribution in [0, 0.1) is 0 Å². The molecule has 0 amide bonds. The molecule has 9 heteroatoms. The number of carbonyl (C=O) groups excluding carboxylic acids is 2. The minimum Gasteiger partial charge on any atom is -0.443 e. The number of halogens is 1. The molecule has 0 aliphatic rings. The van der Waals surface area contributed by atoms with Gasteiger partial charge in [-0.15, -0.1) is 0 Å². The Hall–Kier alpha value is -2.42. The zero-order valence-electron chi connectivity index (χ0n) is 16.7. The van der Waals surface area contributed by atoms with Crippen LogP contribution in [0.2, 0.25) is 0 Å². The van der Waals surface area contributed by atoms with Gasteiger partial charge in [0.05, 0.1) is 10.9 Å². The van der Waals surface area contributed by atoms with Crippen molar-refractivity contribution in [2.45, 2.75) is 58.1 Å². The average molecular weight is 455 g/mol. The van der Waals surface area contributed by atoms with Gasteiger partial charge in [-0.05, 0) is 59.2 Å². The first-order chi connectivity index (χ1) is 12.7. The van der Waals surface area contributed by atoms with Crippen LogP contribution >= 0.6 is 15.9 Å². The number of fused-ring (bicyclic) bond motifs is 1. The van der Waals surface area contributed by atoms with Gasteiger partial charge in [0.25, 0.3) is 5.56 Å². The number of alkyl halides is 1. The van der Waals surface area contributed by atoms with Crippen LogP contribution in [0.4, 0.5) is 9.59 Å². The number of hydrogen-bond acceptors (Lipinski definition) is 6. The molecule has 0 saturated carbocycles. The molecule has 1 aromatic carbocycles. The predicted molar refractivity (Wildman–Crippen MR) is 108 cm³/mol. The molecule has 0 spiro atoms. The summed E-state index contributed by atoms with van der Waals surface area (Å²) in [6, 6.07) is 4.64. The third kappa shape index (κ3) is 4.70. The molecule has 0 aliphatic carbocycles. The highest BCUT2D eigenvalue weighted by molar-refractivity contribution is 9.08. The van der Waals surface area contributed by atoms with E-state index in [1.165, 1.54) is 12.1 Å². The third-order valence-corrected chi connectivity index (χ3v) is 4.07. The van der Waals surface area contributed by atoms with E-state index in [1.807, 2.05) is 0 Å². The van der Waals surface area contributed by atoms with Crippen molar-refractivity contribution < 1.29 is 19.1 Å². The molecule has 0 N–H and O–H groups in total. The Morgan fingerprint density at radius 2 is 1.43 bits per heavy atom. The fourth-order valence-corrected chi connectivity index (χ4v) is 2.74. The lowest BCUT2D eigenvalue weighted by atomic mass is 10.1.